The lowest BCUT2D eigenvalue weighted by molar-refractivity contribution is 0.0669. The number of hydrogen-bond acceptors (Lipinski definition) is 4. The van der Waals surface area contributed by atoms with E-state index in [9.17, 15) is 18.0 Å². The molecule has 0 radical (unpaired) electrons. The summed E-state index contributed by atoms with van der Waals surface area (Å²) in [5.41, 5.74) is 3.13. The summed E-state index contributed by atoms with van der Waals surface area (Å²) in [5.74, 6) is -2.49. The molecule has 5 rings (SSSR count). The topological polar surface area (TPSA) is 63.9 Å². The van der Waals surface area contributed by atoms with Crippen LogP contribution >= 0.6 is 0 Å². The van der Waals surface area contributed by atoms with Gasteiger partial charge in [-0.1, -0.05) is 0 Å². The molecule has 1 aliphatic heterocycles. The molecule has 2 aromatic heterocycles. The Hall–Kier alpha value is -3.75. The summed E-state index contributed by atoms with van der Waals surface area (Å²) in [4.78, 5) is 23.0. The van der Waals surface area contributed by atoms with Crippen LogP contribution in [0.25, 0.3) is 22.3 Å². The minimum atomic E-state index is -0.675. The third kappa shape index (κ3) is 3.21. The van der Waals surface area contributed by atoms with Gasteiger partial charge in [0.2, 0.25) is 0 Å². The number of amides is 1. The van der Waals surface area contributed by atoms with Crippen LogP contribution in [0.5, 0.6) is 0 Å². The van der Waals surface area contributed by atoms with Crippen molar-refractivity contribution in [2.75, 3.05) is 6.54 Å². The van der Waals surface area contributed by atoms with Crippen molar-refractivity contribution in [3.8, 4) is 11.3 Å². The molecule has 0 spiro atoms. The van der Waals surface area contributed by atoms with E-state index in [-0.39, 0.29) is 5.56 Å². The van der Waals surface area contributed by atoms with Crippen LogP contribution < -0.4 is 0 Å². The van der Waals surface area contributed by atoms with Gasteiger partial charge in [0.25, 0.3) is 5.91 Å². The van der Waals surface area contributed by atoms with E-state index in [4.69, 9.17) is 0 Å². The van der Waals surface area contributed by atoms with Crippen LogP contribution in [0.3, 0.4) is 0 Å². The maximum atomic E-state index is 14.7. The molecule has 0 aliphatic carbocycles. The highest BCUT2D eigenvalue weighted by Gasteiger charge is 2.34. The summed E-state index contributed by atoms with van der Waals surface area (Å²) < 4.78 is 43.9. The molecule has 1 amide bonds. The number of benzene rings is 2. The Morgan fingerprint density at radius 1 is 1.00 bits per heavy atom. The number of carbonyl (C=O) groups is 1. The predicted octanol–water partition coefficient (Wildman–Crippen LogP) is 4.21. The van der Waals surface area contributed by atoms with E-state index in [0.717, 1.165) is 11.6 Å². The van der Waals surface area contributed by atoms with Crippen LogP contribution in [0.1, 0.15) is 34.6 Å². The minimum absolute atomic E-state index is 0.0864. The first-order chi connectivity index (χ1) is 15.3. The Morgan fingerprint density at radius 2 is 1.66 bits per heavy atom. The monoisotopic (exact) mass is 437 g/mol. The van der Waals surface area contributed by atoms with Gasteiger partial charge in [0, 0.05) is 49.2 Å². The number of fused-ring (bicyclic) bond motifs is 2. The SMILES string of the molecule is CC1c2nn(C)c(-c3cc(F)cc(F)c3)c2CCN1C(=O)c1cc2nccnc2cc1F. The highest BCUT2D eigenvalue weighted by Crippen LogP contribution is 2.36. The number of halogens is 3. The van der Waals surface area contributed by atoms with Gasteiger partial charge >= 0.3 is 0 Å². The molecular formula is C23H18F3N5O. The van der Waals surface area contributed by atoms with Crippen LogP contribution in [0.4, 0.5) is 13.2 Å². The van der Waals surface area contributed by atoms with E-state index in [1.165, 1.54) is 36.7 Å². The summed E-state index contributed by atoms with van der Waals surface area (Å²) in [6.45, 7) is 2.11. The molecule has 32 heavy (non-hydrogen) atoms. The molecule has 162 valence electrons. The lowest BCUT2D eigenvalue weighted by atomic mass is 9.95. The predicted molar refractivity (Wildman–Crippen MR) is 111 cm³/mol. The molecule has 0 saturated carbocycles. The molecule has 4 aromatic rings. The van der Waals surface area contributed by atoms with Crippen LogP contribution in [0, 0.1) is 17.5 Å². The molecule has 1 atom stereocenters. The Kier molecular flexibility index (Phi) is 4.69. The summed E-state index contributed by atoms with van der Waals surface area (Å²) in [6, 6.07) is 5.48. The summed E-state index contributed by atoms with van der Waals surface area (Å²) >= 11 is 0. The zero-order valence-electron chi connectivity index (χ0n) is 17.3. The number of nitrogens with zero attached hydrogens (tertiary/aromatic N) is 5. The molecule has 1 unspecified atom stereocenters. The third-order valence-corrected chi connectivity index (χ3v) is 5.83. The van der Waals surface area contributed by atoms with Gasteiger partial charge in [-0.2, -0.15) is 5.10 Å². The first kappa shape index (κ1) is 20.2. The van der Waals surface area contributed by atoms with Crippen molar-refractivity contribution in [3.63, 3.8) is 0 Å². The number of carbonyl (C=O) groups excluding carboxylic acids is 1. The van der Waals surface area contributed by atoms with Crippen LogP contribution in [-0.4, -0.2) is 37.1 Å². The highest BCUT2D eigenvalue weighted by molar-refractivity contribution is 5.98. The maximum absolute atomic E-state index is 14.7. The molecule has 3 heterocycles. The average Bonchev–Trinajstić information content (AvgIpc) is 3.09. The van der Waals surface area contributed by atoms with Crippen molar-refractivity contribution in [1.29, 1.82) is 0 Å². The van der Waals surface area contributed by atoms with E-state index in [2.05, 4.69) is 15.1 Å². The smallest absolute Gasteiger partial charge is 0.257 e. The van der Waals surface area contributed by atoms with Crippen molar-refractivity contribution in [1.82, 2.24) is 24.6 Å². The van der Waals surface area contributed by atoms with Gasteiger partial charge in [0.1, 0.15) is 17.5 Å². The van der Waals surface area contributed by atoms with Crippen molar-refractivity contribution in [2.24, 2.45) is 7.05 Å². The molecule has 0 bridgehead atoms. The summed E-state index contributed by atoms with van der Waals surface area (Å²) in [7, 11) is 1.69. The Balaban J connectivity index is 1.53. The quantitative estimate of drug-likeness (QED) is 0.471. The van der Waals surface area contributed by atoms with E-state index >= 15 is 0 Å². The Morgan fingerprint density at radius 3 is 2.34 bits per heavy atom. The van der Waals surface area contributed by atoms with Crippen LogP contribution in [0.15, 0.2) is 42.7 Å². The first-order valence-electron chi connectivity index (χ1n) is 10.1. The van der Waals surface area contributed by atoms with E-state index in [1.54, 1.807) is 23.6 Å². The molecule has 9 heteroatoms. The minimum Gasteiger partial charge on any atom is -0.330 e. The Bertz CT molecular complexity index is 1360. The van der Waals surface area contributed by atoms with Gasteiger partial charge in [0.05, 0.1) is 34.0 Å². The number of hydrogen-bond donors (Lipinski definition) is 0. The van der Waals surface area contributed by atoms with Crippen molar-refractivity contribution >= 4 is 16.9 Å². The molecule has 0 N–H and O–H groups in total. The standard InChI is InChI=1S/C23H18F3N5O/c1-12-21-16(22(30(2)29-21)13-7-14(24)9-15(25)8-13)3-6-31(12)23(32)17-10-19-20(11-18(17)26)28-5-4-27-19/h4-5,7-12H,3,6H2,1-2H3. The van der Waals surface area contributed by atoms with Crippen molar-refractivity contribution in [3.05, 3.63) is 77.0 Å². The van der Waals surface area contributed by atoms with Crippen molar-refractivity contribution in [2.45, 2.75) is 19.4 Å². The number of rotatable bonds is 2. The van der Waals surface area contributed by atoms with E-state index in [0.29, 0.717) is 41.0 Å². The summed E-state index contributed by atoms with van der Waals surface area (Å²) in [5, 5.41) is 4.53. The molecular weight excluding hydrogens is 419 g/mol. The van der Waals surface area contributed by atoms with Crippen LogP contribution in [-0.2, 0) is 13.5 Å². The second-order valence-corrected chi connectivity index (χ2v) is 7.80. The van der Waals surface area contributed by atoms with Gasteiger partial charge in [0.15, 0.2) is 0 Å². The molecule has 0 fully saturated rings. The zero-order chi connectivity index (χ0) is 22.6. The van der Waals surface area contributed by atoms with Gasteiger partial charge < -0.3 is 4.90 Å². The number of aryl methyl sites for hydroxylation is 1. The first-order valence-corrected chi connectivity index (χ1v) is 10.1. The number of aromatic nitrogens is 4. The largest absolute Gasteiger partial charge is 0.330 e. The van der Waals surface area contributed by atoms with Gasteiger partial charge in [-0.25, -0.2) is 13.2 Å². The zero-order valence-corrected chi connectivity index (χ0v) is 17.3. The van der Waals surface area contributed by atoms with Gasteiger partial charge in [-0.05, 0) is 31.5 Å². The second kappa shape index (κ2) is 7.44. The second-order valence-electron chi connectivity index (χ2n) is 7.80. The summed E-state index contributed by atoms with van der Waals surface area (Å²) in [6.07, 6.45) is 3.36. The van der Waals surface area contributed by atoms with Crippen molar-refractivity contribution < 1.29 is 18.0 Å². The Labute approximate surface area is 181 Å². The lowest BCUT2D eigenvalue weighted by Gasteiger charge is -2.33. The van der Waals surface area contributed by atoms with Gasteiger partial charge in [-0.15, -0.1) is 0 Å². The fraction of sp³-hybridized carbons (Fsp3) is 0.217. The highest BCUT2D eigenvalue weighted by atomic mass is 19.1. The van der Waals surface area contributed by atoms with E-state index in [1.807, 2.05) is 0 Å². The normalized spacial score (nSPS) is 15.8. The average molecular weight is 437 g/mol. The van der Waals surface area contributed by atoms with E-state index < -0.39 is 29.4 Å². The fourth-order valence-corrected chi connectivity index (χ4v) is 4.38. The van der Waals surface area contributed by atoms with Crippen LogP contribution in [0.2, 0.25) is 0 Å². The van der Waals surface area contributed by atoms with Gasteiger partial charge in [-0.3, -0.25) is 19.4 Å². The molecule has 1 aliphatic rings. The molecule has 0 saturated heterocycles. The third-order valence-electron chi connectivity index (χ3n) is 5.83. The lowest BCUT2D eigenvalue weighted by Crippen LogP contribution is -2.39. The fourth-order valence-electron chi connectivity index (χ4n) is 4.38. The maximum Gasteiger partial charge on any atom is 0.257 e. The molecule has 6 nitrogen and oxygen atoms in total. The molecule has 2 aromatic carbocycles.